The highest BCUT2D eigenvalue weighted by atomic mass is 35.5. The maximum Gasteiger partial charge on any atom is 0.342 e. The van der Waals surface area contributed by atoms with Crippen molar-refractivity contribution >= 4 is 23.4 Å². The SMILES string of the molecule is CCCOc1ccccc1C(=O)OCC(=O)c1ccc(Cl)cc1. The van der Waals surface area contributed by atoms with Crippen molar-refractivity contribution in [3.05, 3.63) is 64.7 Å². The van der Waals surface area contributed by atoms with E-state index in [2.05, 4.69) is 0 Å². The zero-order valence-electron chi connectivity index (χ0n) is 12.8. The number of benzene rings is 2. The Morgan fingerprint density at radius 1 is 1.04 bits per heavy atom. The fourth-order valence-electron chi connectivity index (χ4n) is 1.90. The van der Waals surface area contributed by atoms with E-state index in [9.17, 15) is 9.59 Å². The van der Waals surface area contributed by atoms with Gasteiger partial charge in [-0.25, -0.2) is 4.79 Å². The first-order valence-electron chi connectivity index (χ1n) is 7.29. The number of ether oxygens (including phenoxy) is 2. The van der Waals surface area contributed by atoms with Crippen molar-refractivity contribution in [1.82, 2.24) is 0 Å². The molecule has 0 atom stereocenters. The number of rotatable bonds is 7. The zero-order valence-corrected chi connectivity index (χ0v) is 13.5. The van der Waals surface area contributed by atoms with Crippen LogP contribution in [0.2, 0.25) is 5.02 Å². The van der Waals surface area contributed by atoms with Gasteiger partial charge in [-0.1, -0.05) is 30.7 Å². The third kappa shape index (κ3) is 4.83. The van der Waals surface area contributed by atoms with Crippen LogP contribution in [0.1, 0.15) is 34.1 Å². The number of halogens is 1. The standard InChI is InChI=1S/C18H17ClO4/c1-2-11-22-17-6-4-3-5-15(17)18(21)23-12-16(20)13-7-9-14(19)10-8-13/h3-10H,2,11-12H2,1H3. The highest BCUT2D eigenvalue weighted by molar-refractivity contribution is 6.30. The quantitative estimate of drug-likeness (QED) is 0.564. The smallest absolute Gasteiger partial charge is 0.342 e. The van der Waals surface area contributed by atoms with Crippen LogP contribution in [0.5, 0.6) is 5.75 Å². The predicted octanol–water partition coefficient (Wildman–Crippen LogP) is 4.17. The molecule has 2 aromatic carbocycles. The third-order valence-electron chi connectivity index (χ3n) is 3.07. The van der Waals surface area contributed by atoms with Crippen molar-refractivity contribution in [1.29, 1.82) is 0 Å². The lowest BCUT2D eigenvalue weighted by molar-refractivity contribution is 0.0470. The minimum atomic E-state index is -0.584. The Kier molecular flexibility index (Phi) is 6.18. The fourth-order valence-corrected chi connectivity index (χ4v) is 2.03. The van der Waals surface area contributed by atoms with E-state index in [0.717, 1.165) is 6.42 Å². The third-order valence-corrected chi connectivity index (χ3v) is 3.32. The van der Waals surface area contributed by atoms with E-state index in [1.165, 1.54) is 0 Å². The van der Waals surface area contributed by atoms with Gasteiger partial charge in [-0.15, -0.1) is 0 Å². The van der Waals surface area contributed by atoms with Gasteiger partial charge in [-0.2, -0.15) is 0 Å². The largest absolute Gasteiger partial charge is 0.493 e. The van der Waals surface area contributed by atoms with Crippen LogP contribution in [0.4, 0.5) is 0 Å². The highest BCUT2D eigenvalue weighted by Gasteiger charge is 2.15. The molecular formula is C18H17ClO4. The summed E-state index contributed by atoms with van der Waals surface area (Å²) in [6, 6.07) is 13.2. The van der Waals surface area contributed by atoms with E-state index < -0.39 is 5.97 Å². The summed E-state index contributed by atoms with van der Waals surface area (Å²) in [6.07, 6.45) is 0.832. The summed E-state index contributed by atoms with van der Waals surface area (Å²) in [6.45, 7) is 2.16. The van der Waals surface area contributed by atoms with Crippen molar-refractivity contribution in [2.45, 2.75) is 13.3 Å². The van der Waals surface area contributed by atoms with Crippen molar-refractivity contribution in [2.75, 3.05) is 13.2 Å². The molecule has 0 aliphatic rings. The van der Waals surface area contributed by atoms with Gasteiger partial charge in [0.05, 0.1) is 6.61 Å². The second-order valence-electron chi connectivity index (χ2n) is 4.85. The molecule has 0 saturated heterocycles. The first-order chi connectivity index (χ1) is 11.1. The van der Waals surface area contributed by atoms with E-state index in [4.69, 9.17) is 21.1 Å². The Balaban J connectivity index is 1.99. The normalized spacial score (nSPS) is 10.2. The molecule has 0 saturated carbocycles. The number of hydrogen-bond donors (Lipinski definition) is 0. The van der Waals surface area contributed by atoms with E-state index in [1.54, 1.807) is 48.5 Å². The maximum absolute atomic E-state index is 12.1. The van der Waals surface area contributed by atoms with E-state index in [-0.39, 0.29) is 12.4 Å². The number of Topliss-reactive ketones (excluding diaryl/α,β-unsaturated/α-hetero) is 1. The van der Waals surface area contributed by atoms with Crippen LogP contribution in [0.25, 0.3) is 0 Å². The molecule has 2 aromatic rings. The first kappa shape index (κ1) is 17.0. The molecule has 0 radical (unpaired) electrons. The molecular weight excluding hydrogens is 316 g/mol. The number of hydrogen-bond acceptors (Lipinski definition) is 4. The molecule has 0 heterocycles. The average Bonchev–Trinajstić information content (AvgIpc) is 2.58. The number of carbonyl (C=O) groups is 2. The van der Waals surface area contributed by atoms with Crippen LogP contribution in [-0.4, -0.2) is 25.0 Å². The fraction of sp³-hybridized carbons (Fsp3) is 0.222. The van der Waals surface area contributed by atoms with Gasteiger partial charge in [0.15, 0.2) is 12.4 Å². The summed E-state index contributed by atoms with van der Waals surface area (Å²) >= 11 is 5.77. The van der Waals surface area contributed by atoms with Gasteiger partial charge in [0, 0.05) is 10.6 Å². The number of esters is 1. The van der Waals surface area contributed by atoms with Crippen LogP contribution in [-0.2, 0) is 4.74 Å². The average molecular weight is 333 g/mol. The molecule has 2 rings (SSSR count). The van der Waals surface area contributed by atoms with Crippen LogP contribution >= 0.6 is 11.6 Å². The van der Waals surface area contributed by atoms with Crippen LogP contribution in [0.3, 0.4) is 0 Å². The maximum atomic E-state index is 12.1. The van der Waals surface area contributed by atoms with Gasteiger partial charge in [0.1, 0.15) is 11.3 Å². The topological polar surface area (TPSA) is 52.6 Å². The number of ketones is 1. The Labute approximate surface area is 140 Å². The lowest BCUT2D eigenvalue weighted by Crippen LogP contribution is -2.15. The molecule has 120 valence electrons. The molecule has 0 amide bonds. The van der Waals surface area contributed by atoms with Gasteiger partial charge in [0.2, 0.25) is 0 Å². The van der Waals surface area contributed by atoms with Crippen molar-refractivity contribution in [3.8, 4) is 5.75 Å². The molecule has 0 N–H and O–H groups in total. The molecule has 0 spiro atoms. The number of carbonyl (C=O) groups excluding carboxylic acids is 2. The molecule has 0 aliphatic carbocycles. The Hall–Kier alpha value is -2.33. The summed E-state index contributed by atoms with van der Waals surface area (Å²) in [5.74, 6) is -0.417. The predicted molar refractivity (Wildman–Crippen MR) is 88.3 cm³/mol. The van der Waals surface area contributed by atoms with E-state index >= 15 is 0 Å². The summed E-state index contributed by atoms with van der Waals surface area (Å²) in [5, 5.41) is 0.542. The molecule has 5 heteroatoms. The second-order valence-corrected chi connectivity index (χ2v) is 5.29. The van der Waals surface area contributed by atoms with Crippen molar-refractivity contribution < 1.29 is 19.1 Å². The van der Waals surface area contributed by atoms with E-state index in [0.29, 0.717) is 28.5 Å². The molecule has 0 aromatic heterocycles. The number of para-hydroxylation sites is 1. The minimum absolute atomic E-state index is 0.290. The molecule has 4 nitrogen and oxygen atoms in total. The van der Waals surface area contributed by atoms with Gasteiger partial charge >= 0.3 is 5.97 Å². The van der Waals surface area contributed by atoms with Gasteiger partial charge < -0.3 is 9.47 Å². The van der Waals surface area contributed by atoms with Gasteiger partial charge in [0.25, 0.3) is 0 Å². The molecule has 0 bridgehead atoms. The van der Waals surface area contributed by atoms with Gasteiger partial charge in [-0.05, 0) is 42.8 Å². The van der Waals surface area contributed by atoms with Crippen LogP contribution in [0, 0.1) is 0 Å². The zero-order chi connectivity index (χ0) is 16.7. The van der Waals surface area contributed by atoms with E-state index in [1.807, 2.05) is 6.92 Å². The Morgan fingerprint density at radius 3 is 2.43 bits per heavy atom. The monoisotopic (exact) mass is 332 g/mol. The Morgan fingerprint density at radius 2 is 1.74 bits per heavy atom. The molecule has 0 aliphatic heterocycles. The lowest BCUT2D eigenvalue weighted by Gasteiger charge is -2.10. The minimum Gasteiger partial charge on any atom is -0.493 e. The summed E-state index contributed by atoms with van der Waals surface area (Å²) < 4.78 is 10.6. The first-order valence-corrected chi connectivity index (χ1v) is 7.67. The van der Waals surface area contributed by atoms with Crippen LogP contribution in [0.15, 0.2) is 48.5 Å². The second kappa shape index (κ2) is 8.34. The highest BCUT2D eigenvalue weighted by Crippen LogP contribution is 2.19. The van der Waals surface area contributed by atoms with Gasteiger partial charge in [-0.3, -0.25) is 4.79 Å². The molecule has 23 heavy (non-hydrogen) atoms. The summed E-state index contributed by atoms with van der Waals surface area (Å²) in [7, 11) is 0. The summed E-state index contributed by atoms with van der Waals surface area (Å²) in [4.78, 5) is 24.1. The molecule has 0 unspecified atom stereocenters. The molecule has 0 fully saturated rings. The lowest BCUT2D eigenvalue weighted by atomic mass is 10.1. The van der Waals surface area contributed by atoms with Crippen molar-refractivity contribution in [3.63, 3.8) is 0 Å². The summed E-state index contributed by atoms with van der Waals surface area (Å²) in [5.41, 5.74) is 0.752. The Bertz CT molecular complexity index is 680. The van der Waals surface area contributed by atoms with Crippen LogP contribution < -0.4 is 4.74 Å². The van der Waals surface area contributed by atoms with Crippen molar-refractivity contribution in [2.24, 2.45) is 0 Å².